The Morgan fingerprint density at radius 2 is 0.211 bits per heavy atom. The Hall–Kier alpha value is -5.36. The Morgan fingerprint density at radius 1 is 0.158 bits per heavy atom. The number of halogens is 25. The maximum atomic E-state index is 12.6. The molecular formula is C30F25O15S5Ta. The van der Waals surface area contributed by atoms with Crippen molar-refractivity contribution in [2.24, 2.45) is 0 Å². The fraction of sp³-hybridized carbons (Fsp3) is 0. The van der Waals surface area contributed by atoms with E-state index in [2.05, 4.69) is 0 Å². The Bertz CT molecular complexity index is 3050. The molecule has 0 spiro atoms. The van der Waals surface area contributed by atoms with E-state index in [1.165, 1.54) is 0 Å². The van der Waals surface area contributed by atoms with Crippen LogP contribution in [0, 0.1) is 145 Å². The van der Waals surface area contributed by atoms with E-state index in [-0.39, 0.29) is 22.4 Å². The molecule has 0 saturated carbocycles. The predicted octanol–water partition coefficient (Wildman–Crippen LogP) is 6.43. The van der Waals surface area contributed by atoms with Gasteiger partial charge in [-0.1, -0.05) is 0 Å². The van der Waals surface area contributed by atoms with Crippen LogP contribution in [0.4, 0.5) is 110 Å². The van der Waals surface area contributed by atoms with Crippen LogP contribution in [-0.4, -0.2) is 64.9 Å². The van der Waals surface area contributed by atoms with Crippen LogP contribution in [-0.2, 0) is 73.0 Å². The summed E-state index contributed by atoms with van der Waals surface area (Å²) < 4.78 is 464. The van der Waals surface area contributed by atoms with Crippen LogP contribution in [0.3, 0.4) is 0 Å². The second-order valence-corrected chi connectivity index (χ2v) is 18.3. The summed E-state index contributed by atoms with van der Waals surface area (Å²) in [5.41, 5.74) is 0. The van der Waals surface area contributed by atoms with Gasteiger partial charge in [0.2, 0.25) is 29.1 Å². The van der Waals surface area contributed by atoms with Crippen molar-refractivity contribution in [1.82, 2.24) is 0 Å². The Morgan fingerprint density at radius 3 is 0.263 bits per heavy atom. The zero-order chi connectivity index (χ0) is 59.8. The smallest absolute Gasteiger partial charge is 0.744 e. The topological polar surface area (TPSA) is 286 Å². The largest absolute Gasteiger partial charge is 5.00 e. The molecule has 0 atom stereocenters. The van der Waals surface area contributed by atoms with Crippen LogP contribution in [0.2, 0.25) is 0 Å². The molecule has 0 saturated heterocycles. The molecular weight excluding hydrogens is 1420 g/mol. The molecule has 0 aliphatic carbocycles. The van der Waals surface area contributed by atoms with Gasteiger partial charge in [-0.15, -0.1) is 0 Å². The van der Waals surface area contributed by atoms with Crippen molar-refractivity contribution in [2.45, 2.75) is 24.5 Å². The molecule has 0 aliphatic rings. The minimum absolute atomic E-state index is 0. The van der Waals surface area contributed by atoms with Gasteiger partial charge in [-0.05, 0) is 0 Å². The van der Waals surface area contributed by atoms with Gasteiger partial charge in [-0.2, -0.15) is 0 Å². The van der Waals surface area contributed by atoms with Crippen LogP contribution in [0.15, 0.2) is 24.5 Å². The third-order valence-electron chi connectivity index (χ3n) is 7.10. The summed E-state index contributed by atoms with van der Waals surface area (Å²) in [4.78, 5) is -11.9. The molecule has 76 heavy (non-hydrogen) atoms. The second-order valence-electron chi connectivity index (χ2n) is 11.8. The first-order valence-electron chi connectivity index (χ1n) is 15.7. The van der Waals surface area contributed by atoms with Crippen molar-refractivity contribution in [3.05, 3.63) is 145 Å². The van der Waals surface area contributed by atoms with Crippen LogP contribution >= 0.6 is 0 Å². The van der Waals surface area contributed by atoms with Crippen molar-refractivity contribution in [2.75, 3.05) is 0 Å². The molecule has 0 bridgehead atoms. The quantitative estimate of drug-likeness (QED) is 0.0793. The summed E-state index contributed by atoms with van der Waals surface area (Å²) in [5.74, 6) is -64.1. The molecule has 0 aromatic heterocycles. The first-order valence-corrected chi connectivity index (χ1v) is 22.8. The molecule has 0 fully saturated rings. The van der Waals surface area contributed by atoms with Gasteiger partial charge in [-0.25, -0.2) is 152 Å². The van der Waals surface area contributed by atoms with Gasteiger partial charge in [0.05, 0.1) is 0 Å². The third-order valence-corrected chi connectivity index (χ3v) is 11.4. The maximum Gasteiger partial charge on any atom is 5.00 e. The van der Waals surface area contributed by atoms with E-state index in [4.69, 9.17) is 0 Å². The molecule has 46 heteroatoms. The molecule has 5 rings (SSSR count). The van der Waals surface area contributed by atoms with Gasteiger partial charge in [0.25, 0.3) is 0 Å². The van der Waals surface area contributed by atoms with E-state index in [1.54, 1.807) is 0 Å². The van der Waals surface area contributed by atoms with Gasteiger partial charge < -0.3 is 22.8 Å². The van der Waals surface area contributed by atoms with Crippen molar-refractivity contribution < 1.29 is 197 Å². The van der Waals surface area contributed by atoms with E-state index < -0.39 is 220 Å². The summed E-state index contributed by atoms with van der Waals surface area (Å²) in [6.45, 7) is 0. The number of hydrogen-bond acceptors (Lipinski definition) is 15. The molecule has 0 aliphatic heterocycles. The summed E-state index contributed by atoms with van der Waals surface area (Å²) in [6.07, 6.45) is 0. The van der Waals surface area contributed by atoms with Crippen LogP contribution in [0.5, 0.6) is 0 Å². The van der Waals surface area contributed by atoms with Crippen LogP contribution < -0.4 is 0 Å². The zero-order valence-corrected chi connectivity index (χ0v) is 40.4. The zero-order valence-electron chi connectivity index (χ0n) is 33.1. The Labute approximate surface area is 416 Å². The van der Waals surface area contributed by atoms with E-state index in [9.17, 15) is 175 Å². The molecule has 420 valence electrons. The van der Waals surface area contributed by atoms with Gasteiger partial charge in [0.1, 0.15) is 75.1 Å². The van der Waals surface area contributed by atoms with Crippen molar-refractivity contribution in [3.63, 3.8) is 0 Å². The average Bonchev–Trinajstić information content (AvgIpc) is 3.26. The molecule has 5 aromatic rings. The standard InChI is InChI=1S/5C6HF5O3S.Ta/c5*7-1-2(8)4(10)6(15(12,13)14)5(11)3(1)9;/h5*(H,12,13,14);/q;;;;;+5/p-5. The van der Waals surface area contributed by atoms with Crippen molar-refractivity contribution in [3.8, 4) is 0 Å². The molecule has 0 heterocycles. The van der Waals surface area contributed by atoms with Crippen molar-refractivity contribution >= 4 is 50.6 Å². The third kappa shape index (κ3) is 15.0. The molecule has 0 amide bonds. The van der Waals surface area contributed by atoms with Gasteiger partial charge in [0, 0.05) is 0 Å². The SMILES string of the molecule is O=S(=O)([O-])c1c(F)c(F)c(F)c(F)c1F.O=S(=O)([O-])c1c(F)c(F)c(F)c(F)c1F.O=S(=O)([O-])c1c(F)c(F)c(F)c(F)c1F.O=S(=O)([O-])c1c(F)c(F)c(F)c(F)c1F.O=S(=O)([O-])c1c(F)c(F)c(F)c(F)c1F.[Ta+5]. The summed E-state index contributed by atoms with van der Waals surface area (Å²) in [7, 11) is -28.9. The molecule has 0 N–H and O–H groups in total. The van der Waals surface area contributed by atoms with E-state index in [0.717, 1.165) is 0 Å². The predicted molar refractivity (Wildman–Crippen MR) is 171 cm³/mol. The van der Waals surface area contributed by atoms with Gasteiger partial charge in [0.15, 0.2) is 116 Å². The van der Waals surface area contributed by atoms with Crippen LogP contribution in [0.1, 0.15) is 0 Å². The number of hydrogen-bond donors (Lipinski definition) is 0. The van der Waals surface area contributed by atoms with E-state index in [1.807, 2.05) is 0 Å². The minimum Gasteiger partial charge on any atom is -0.744 e. The second kappa shape index (κ2) is 25.0. The monoisotopic (exact) mass is 1420 g/mol. The van der Waals surface area contributed by atoms with Crippen LogP contribution in [0.25, 0.3) is 0 Å². The maximum absolute atomic E-state index is 12.6. The molecule has 0 radical (unpaired) electrons. The summed E-state index contributed by atoms with van der Waals surface area (Å²) in [5, 5.41) is 0. The molecule has 15 nitrogen and oxygen atoms in total. The number of benzene rings is 5. The fourth-order valence-electron chi connectivity index (χ4n) is 4.02. The van der Waals surface area contributed by atoms with Crippen molar-refractivity contribution in [1.29, 1.82) is 0 Å². The summed E-state index contributed by atoms with van der Waals surface area (Å²) in [6, 6.07) is 0. The Kier molecular flexibility index (Phi) is 23.2. The summed E-state index contributed by atoms with van der Waals surface area (Å²) >= 11 is 0. The normalized spacial score (nSPS) is 11.7. The molecule has 5 aromatic carbocycles. The average molecular weight is 1420 g/mol. The Balaban J connectivity index is 0.000000922. The van der Waals surface area contributed by atoms with Gasteiger partial charge >= 0.3 is 22.4 Å². The van der Waals surface area contributed by atoms with E-state index >= 15 is 0 Å². The molecule has 0 unspecified atom stereocenters. The number of rotatable bonds is 5. The fourth-order valence-corrected chi connectivity index (χ4v) is 7.11. The van der Waals surface area contributed by atoms with Gasteiger partial charge in [-0.3, -0.25) is 0 Å². The van der Waals surface area contributed by atoms with E-state index in [0.29, 0.717) is 0 Å². The first kappa shape index (κ1) is 70.6. The minimum atomic E-state index is -5.77. The first-order chi connectivity index (χ1) is 33.4.